The fourth-order valence-electron chi connectivity index (χ4n) is 0.982. The number of ether oxygens (including phenoxy) is 1. The molecule has 3 nitrogen and oxygen atoms in total. The Hall–Kier alpha value is -1.03. The van der Waals surface area contributed by atoms with Crippen molar-refractivity contribution in [3.05, 3.63) is 22.6 Å². The SMILES string of the molecule is O=C1OC(=O)C2=CSCC=C12. The van der Waals surface area contributed by atoms with E-state index in [9.17, 15) is 9.59 Å². The van der Waals surface area contributed by atoms with Crippen LogP contribution in [0, 0.1) is 0 Å². The van der Waals surface area contributed by atoms with E-state index in [1.54, 1.807) is 11.5 Å². The van der Waals surface area contributed by atoms with Gasteiger partial charge in [0.1, 0.15) is 0 Å². The molecule has 0 bridgehead atoms. The van der Waals surface area contributed by atoms with Gasteiger partial charge in [-0.25, -0.2) is 9.59 Å². The zero-order valence-electron chi connectivity index (χ0n) is 5.49. The summed E-state index contributed by atoms with van der Waals surface area (Å²) >= 11 is 1.49. The fraction of sp³-hybridized carbons (Fsp3) is 0.143. The highest BCUT2D eigenvalue weighted by Gasteiger charge is 2.34. The molecule has 2 heterocycles. The summed E-state index contributed by atoms with van der Waals surface area (Å²) in [5.74, 6) is -0.295. The quantitative estimate of drug-likeness (QED) is 0.393. The predicted molar refractivity (Wildman–Crippen MR) is 39.7 cm³/mol. The molecular weight excluding hydrogens is 164 g/mol. The van der Waals surface area contributed by atoms with Crippen LogP contribution >= 0.6 is 11.8 Å². The summed E-state index contributed by atoms with van der Waals surface area (Å²) in [6.45, 7) is 0. The van der Waals surface area contributed by atoms with Crippen LogP contribution in [-0.4, -0.2) is 17.7 Å². The van der Waals surface area contributed by atoms with Gasteiger partial charge in [-0.15, -0.1) is 11.8 Å². The van der Waals surface area contributed by atoms with E-state index in [-0.39, 0.29) is 0 Å². The summed E-state index contributed by atoms with van der Waals surface area (Å²) in [5, 5.41) is 1.67. The van der Waals surface area contributed by atoms with Crippen molar-refractivity contribution in [2.75, 3.05) is 5.75 Å². The van der Waals surface area contributed by atoms with E-state index < -0.39 is 11.9 Å². The Kier molecular flexibility index (Phi) is 1.35. The number of cyclic esters (lactones) is 2. The molecule has 0 aromatic carbocycles. The molecule has 2 rings (SSSR count). The fourth-order valence-corrected chi connectivity index (χ4v) is 1.73. The van der Waals surface area contributed by atoms with Gasteiger partial charge in [-0.2, -0.15) is 0 Å². The monoisotopic (exact) mass is 168 g/mol. The van der Waals surface area contributed by atoms with Crippen molar-refractivity contribution >= 4 is 23.7 Å². The second-order valence-electron chi connectivity index (χ2n) is 2.16. The topological polar surface area (TPSA) is 43.4 Å². The molecule has 0 atom stereocenters. The summed E-state index contributed by atoms with van der Waals surface area (Å²) in [6.07, 6.45) is 1.72. The summed E-state index contributed by atoms with van der Waals surface area (Å²) in [7, 11) is 0. The third kappa shape index (κ3) is 0.903. The van der Waals surface area contributed by atoms with E-state index in [1.165, 1.54) is 11.8 Å². The highest BCUT2D eigenvalue weighted by Crippen LogP contribution is 2.28. The number of fused-ring (bicyclic) bond motifs is 1. The lowest BCUT2D eigenvalue weighted by Gasteiger charge is -1.98. The van der Waals surface area contributed by atoms with Gasteiger partial charge >= 0.3 is 11.9 Å². The average molecular weight is 168 g/mol. The van der Waals surface area contributed by atoms with Gasteiger partial charge in [0.05, 0.1) is 11.1 Å². The molecule has 4 heteroatoms. The van der Waals surface area contributed by atoms with Crippen LogP contribution in [0.5, 0.6) is 0 Å². The van der Waals surface area contributed by atoms with Crippen LogP contribution in [-0.2, 0) is 14.3 Å². The number of hydrogen-bond acceptors (Lipinski definition) is 4. The molecule has 0 amide bonds. The van der Waals surface area contributed by atoms with Crippen molar-refractivity contribution in [1.29, 1.82) is 0 Å². The molecule has 1 saturated heterocycles. The first kappa shape index (κ1) is 6.67. The lowest BCUT2D eigenvalue weighted by atomic mass is 10.1. The maximum absolute atomic E-state index is 10.9. The van der Waals surface area contributed by atoms with Crippen LogP contribution in [0.4, 0.5) is 0 Å². The second kappa shape index (κ2) is 2.23. The molecule has 0 radical (unpaired) electrons. The molecule has 0 aromatic heterocycles. The van der Waals surface area contributed by atoms with Crippen LogP contribution in [0.3, 0.4) is 0 Å². The van der Waals surface area contributed by atoms with E-state index in [1.807, 2.05) is 0 Å². The van der Waals surface area contributed by atoms with Crippen molar-refractivity contribution in [2.45, 2.75) is 0 Å². The Morgan fingerprint density at radius 1 is 1.27 bits per heavy atom. The lowest BCUT2D eigenvalue weighted by Crippen LogP contribution is -1.97. The minimum Gasteiger partial charge on any atom is -0.386 e. The minimum atomic E-state index is -0.520. The van der Waals surface area contributed by atoms with Gasteiger partial charge in [0.25, 0.3) is 0 Å². The van der Waals surface area contributed by atoms with Crippen LogP contribution < -0.4 is 0 Å². The summed E-state index contributed by atoms with van der Waals surface area (Å²) in [6, 6.07) is 0. The van der Waals surface area contributed by atoms with Crippen LogP contribution in [0.25, 0.3) is 0 Å². The van der Waals surface area contributed by atoms with E-state index >= 15 is 0 Å². The van der Waals surface area contributed by atoms with Crippen molar-refractivity contribution in [3.63, 3.8) is 0 Å². The summed E-state index contributed by atoms with van der Waals surface area (Å²) in [4.78, 5) is 21.7. The standard InChI is InChI=1S/C7H4O3S/c8-6-4-1-2-11-3-5(4)7(9)10-6/h1,3H,2H2. The second-order valence-corrected chi connectivity index (χ2v) is 3.06. The smallest absolute Gasteiger partial charge is 0.347 e. The lowest BCUT2D eigenvalue weighted by molar-refractivity contribution is -0.149. The van der Waals surface area contributed by atoms with Crippen molar-refractivity contribution in [1.82, 2.24) is 0 Å². The van der Waals surface area contributed by atoms with Gasteiger partial charge < -0.3 is 4.74 Å². The normalized spacial score (nSPS) is 22.2. The molecule has 0 unspecified atom stereocenters. The van der Waals surface area contributed by atoms with Gasteiger partial charge in [0.15, 0.2) is 0 Å². The first-order valence-electron chi connectivity index (χ1n) is 3.08. The highest BCUT2D eigenvalue weighted by molar-refractivity contribution is 8.02. The van der Waals surface area contributed by atoms with E-state index in [4.69, 9.17) is 0 Å². The van der Waals surface area contributed by atoms with Crippen LogP contribution in [0.15, 0.2) is 22.6 Å². The maximum atomic E-state index is 10.9. The Labute approximate surface area is 67.1 Å². The molecule has 0 aromatic rings. The minimum absolute atomic E-state index is 0.409. The van der Waals surface area contributed by atoms with E-state index in [2.05, 4.69) is 4.74 Å². The number of rotatable bonds is 0. The maximum Gasteiger partial charge on any atom is 0.347 e. The first-order valence-corrected chi connectivity index (χ1v) is 4.13. The van der Waals surface area contributed by atoms with Crippen LogP contribution in [0.2, 0.25) is 0 Å². The molecule has 2 aliphatic heterocycles. The Bertz CT molecular complexity index is 271. The van der Waals surface area contributed by atoms with Gasteiger partial charge in [0.2, 0.25) is 0 Å². The number of esters is 2. The molecule has 1 fully saturated rings. The molecule has 0 spiro atoms. The van der Waals surface area contributed by atoms with E-state index in [0.29, 0.717) is 11.1 Å². The molecule has 0 N–H and O–H groups in total. The van der Waals surface area contributed by atoms with Crippen molar-refractivity contribution in [2.24, 2.45) is 0 Å². The summed E-state index contributed by atoms with van der Waals surface area (Å²) < 4.78 is 4.38. The number of thioether (sulfide) groups is 1. The van der Waals surface area contributed by atoms with Crippen molar-refractivity contribution in [3.8, 4) is 0 Å². The van der Waals surface area contributed by atoms with Crippen molar-refractivity contribution < 1.29 is 14.3 Å². The largest absolute Gasteiger partial charge is 0.386 e. The van der Waals surface area contributed by atoms with Gasteiger partial charge in [0, 0.05) is 5.75 Å². The summed E-state index contributed by atoms with van der Waals surface area (Å²) in [5.41, 5.74) is 0.833. The van der Waals surface area contributed by atoms with Gasteiger partial charge in [-0.3, -0.25) is 0 Å². The molecule has 0 aliphatic carbocycles. The van der Waals surface area contributed by atoms with Gasteiger partial charge in [-0.05, 0) is 5.41 Å². The van der Waals surface area contributed by atoms with Crippen LogP contribution in [0.1, 0.15) is 0 Å². The van der Waals surface area contributed by atoms with E-state index in [0.717, 1.165) is 5.75 Å². The molecule has 56 valence electrons. The molecule has 11 heavy (non-hydrogen) atoms. The number of hydrogen-bond donors (Lipinski definition) is 0. The van der Waals surface area contributed by atoms with Gasteiger partial charge in [-0.1, -0.05) is 6.08 Å². The molecular formula is C7H4O3S. The zero-order chi connectivity index (χ0) is 7.84. The predicted octanol–water partition coefficient (Wildman–Crippen LogP) is 0.627. The Balaban J connectivity index is 2.49. The number of carbonyl (C=O) groups excluding carboxylic acids is 2. The third-order valence-corrected chi connectivity index (χ3v) is 2.26. The third-order valence-electron chi connectivity index (χ3n) is 1.50. The molecule has 0 saturated carbocycles. The zero-order valence-corrected chi connectivity index (χ0v) is 6.31. The first-order chi connectivity index (χ1) is 5.29. The molecule has 2 aliphatic rings. The number of carbonyl (C=O) groups is 2. The Morgan fingerprint density at radius 2 is 2.00 bits per heavy atom. The Morgan fingerprint density at radius 3 is 2.73 bits per heavy atom. The average Bonchev–Trinajstić information content (AvgIpc) is 2.30. The highest BCUT2D eigenvalue weighted by atomic mass is 32.2.